The second kappa shape index (κ2) is 8.83. The predicted molar refractivity (Wildman–Crippen MR) is 91.4 cm³/mol. The molecule has 0 spiro atoms. The van der Waals surface area contributed by atoms with Crippen LogP contribution < -0.4 is 16.7 Å². The van der Waals surface area contributed by atoms with Crippen LogP contribution in [-0.4, -0.2) is 62.8 Å². The highest BCUT2D eigenvalue weighted by molar-refractivity contribution is 5.81. The number of nitrogens with one attached hydrogen (secondary N) is 1. The second-order valence-corrected chi connectivity index (χ2v) is 6.40. The van der Waals surface area contributed by atoms with E-state index in [1.165, 1.54) is 12.3 Å². The van der Waals surface area contributed by atoms with Crippen LogP contribution >= 0.6 is 0 Å². The van der Waals surface area contributed by atoms with E-state index in [1.807, 2.05) is 0 Å². The molecule has 11 heteroatoms. The van der Waals surface area contributed by atoms with Crippen LogP contribution in [0.25, 0.3) is 0 Å². The first-order chi connectivity index (χ1) is 12.0. The normalized spacial score (nSPS) is 10.9. The van der Waals surface area contributed by atoms with Gasteiger partial charge in [-0.2, -0.15) is 4.98 Å². The van der Waals surface area contributed by atoms with Gasteiger partial charge in [-0.25, -0.2) is 9.59 Å². The molecule has 0 saturated heterocycles. The highest BCUT2D eigenvalue weighted by Crippen LogP contribution is 2.06. The van der Waals surface area contributed by atoms with Gasteiger partial charge in [0.05, 0.1) is 0 Å². The van der Waals surface area contributed by atoms with Gasteiger partial charge in [-0.05, 0) is 26.8 Å². The fourth-order valence-electron chi connectivity index (χ4n) is 1.87. The van der Waals surface area contributed by atoms with Gasteiger partial charge in [-0.3, -0.25) is 14.2 Å². The summed E-state index contributed by atoms with van der Waals surface area (Å²) in [5.41, 5.74) is 3.97. The number of carboxylic acids is 1. The standard InChI is InChI=1S/C15H23N5O6/c1-15(2,3)26-14(25)17-5-7-19(9-12(22)23)11(21)8-20-6-4-10(16)18-13(20)24/h4,6H,5,7-9H2,1-3H3,(H,17,25)(H,22,23)(H2,16,18,24). The van der Waals surface area contributed by atoms with Gasteiger partial charge in [0.25, 0.3) is 0 Å². The van der Waals surface area contributed by atoms with Crippen LogP contribution in [0.4, 0.5) is 10.6 Å². The minimum absolute atomic E-state index is 0.0111. The molecule has 0 saturated carbocycles. The fraction of sp³-hybridized carbons (Fsp3) is 0.533. The molecule has 1 heterocycles. The summed E-state index contributed by atoms with van der Waals surface area (Å²) in [6.45, 7) is 4.05. The number of carbonyl (C=O) groups excluding carboxylic acids is 2. The Kier molecular flexibility index (Phi) is 7.11. The summed E-state index contributed by atoms with van der Waals surface area (Å²) in [6, 6.07) is 1.35. The van der Waals surface area contributed by atoms with Crippen LogP contribution in [0.2, 0.25) is 0 Å². The molecule has 0 aliphatic heterocycles. The van der Waals surface area contributed by atoms with E-state index in [4.69, 9.17) is 15.6 Å². The van der Waals surface area contributed by atoms with Gasteiger partial charge in [0, 0.05) is 19.3 Å². The smallest absolute Gasteiger partial charge is 0.407 e. The third-order valence-corrected chi connectivity index (χ3v) is 2.93. The van der Waals surface area contributed by atoms with E-state index in [0.717, 1.165) is 9.47 Å². The first-order valence-corrected chi connectivity index (χ1v) is 7.77. The number of anilines is 1. The number of aliphatic carboxylic acids is 1. The first kappa shape index (κ1) is 20.9. The molecule has 0 aliphatic rings. The third kappa shape index (κ3) is 7.64. The highest BCUT2D eigenvalue weighted by atomic mass is 16.6. The van der Waals surface area contributed by atoms with E-state index >= 15 is 0 Å². The van der Waals surface area contributed by atoms with Crippen LogP contribution in [0.15, 0.2) is 17.1 Å². The van der Waals surface area contributed by atoms with E-state index in [-0.39, 0.29) is 18.9 Å². The maximum atomic E-state index is 12.3. The molecule has 11 nitrogen and oxygen atoms in total. The van der Waals surface area contributed by atoms with Crippen LogP contribution in [-0.2, 0) is 20.9 Å². The molecule has 144 valence electrons. The third-order valence-electron chi connectivity index (χ3n) is 2.93. The van der Waals surface area contributed by atoms with Gasteiger partial charge in [0.15, 0.2) is 0 Å². The highest BCUT2D eigenvalue weighted by Gasteiger charge is 2.19. The Hall–Kier alpha value is -3.11. The molecule has 2 amide bonds. The first-order valence-electron chi connectivity index (χ1n) is 7.77. The van der Waals surface area contributed by atoms with Gasteiger partial charge < -0.3 is 25.8 Å². The van der Waals surface area contributed by atoms with Crippen molar-refractivity contribution in [3.05, 3.63) is 22.7 Å². The maximum absolute atomic E-state index is 12.3. The number of hydrogen-bond donors (Lipinski definition) is 3. The lowest BCUT2D eigenvalue weighted by atomic mass is 10.2. The second-order valence-electron chi connectivity index (χ2n) is 6.40. The minimum Gasteiger partial charge on any atom is -0.480 e. The summed E-state index contributed by atoms with van der Waals surface area (Å²) in [6.07, 6.45) is 0.611. The van der Waals surface area contributed by atoms with E-state index in [2.05, 4.69) is 10.3 Å². The Labute approximate surface area is 149 Å². The molecule has 0 aliphatic carbocycles. The summed E-state index contributed by atoms with van der Waals surface area (Å²) in [5.74, 6) is -1.83. The number of aromatic nitrogens is 2. The molecule has 1 aromatic rings. The summed E-state index contributed by atoms with van der Waals surface area (Å²) < 4.78 is 6.06. The number of amides is 2. The predicted octanol–water partition coefficient (Wildman–Crippen LogP) is -0.737. The molecule has 0 unspecified atom stereocenters. The number of nitrogen functional groups attached to an aromatic ring is 1. The van der Waals surface area contributed by atoms with Gasteiger partial charge in [-0.15, -0.1) is 0 Å². The van der Waals surface area contributed by atoms with Crippen molar-refractivity contribution in [2.75, 3.05) is 25.4 Å². The molecule has 0 fully saturated rings. The molecule has 26 heavy (non-hydrogen) atoms. The average molecular weight is 369 g/mol. The molecule has 0 atom stereocenters. The van der Waals surface area contributed by atoms with Crippen LogP contribution in [0.1, 0.15) is 20.8 Å². The van der Waals surface area contributed by atoms with Crippen molar-refractivity contribution in [1.82, 2.24) is 19.8 Å². The van der Waals surface area contributed by atoms with E-state index in [0.29, 0.717) is 0 Å². The summed E-state index contributed by atoms with van der Waals surface area (Å²) in [4.78, 5) is 51.0. The molecule has 0 aromatic carbocycles. The Morgan fingerprint density at radius 3 is 2.58 bits per heavy atom. The van der Waals surface area contributed by atoms with E-state index < -0.39 is 42.4 Å². The molecule has 0 bridgehead atoms. The quantitative estimate of drug-likeness (QED) is 0.567. The number of ether oxygens (including phenoxy) is 1. The molecule has 0 radical (unpaired) electrons. The fourth-order valence-corrected chi connectivity index (χ4v) is 1.87. The molecular formula is C15H23N5O6. The minimum atomic E-state index is -1.22. The molecular weight excluding hydrogens is 346 g/mol. The van der Waals surface area contributed by atoms with Crippen LogP contribution in [0, 0.1) is 0 Å². The number of carboxylic acid groups (broad SMARTS) is 1. The number of nitrogens with zero attached hydrogens (tertiary/aromatic N) is 3. The Morgan fingerprint density at radius 1 is 1.38 bits per heavy atom. The Balaban J connectivity index is 2.67. The van der Waals surface area contributed by atoms with Gasteiger partial charge >= 0.3 is 17.8 Å². The lowest BCUT2D eigenvalue weighted by molar-refractivity contribution is -0.144. The van der Waals surface area contributed by atoms with Gasteiger partial charge in [0.1, 0.15) is 24.5 Å². The van der Waals surface area contributed by atoms with Crippen molar-refractivity contribution in [1.29, 1.82) is 0 Å². The zero-order valence-corrected chi connectivity index (χ0v) is 14.9. The number of carbonyl (C=O) groups is 3. The van der Waals surface area contributed by atoms with Gasteiger partial charge in [0.2, 0.25) is 5.91 Å². The van der Waals surface area contributed by atoms with Crippen molar-refractivity contribution < 1.29 is 24.2 Å². The van der Waals surface area contributed by atoms with Crippen molar-refractivity contribution in [3.63, 3.8) is 0 Å². The van der Waals surface area contributed by atoms with Crippen LogP contribution in [0.5, 0.6) is 0 Å². The zero-order chi connectivity index (χ0) is 19.9. The molecule has 1 rings (SSSR count). The maximum Gasteiger partial charge on any atom is 0.407 e. The number of nitrogens with two attached hydrogens (primary N) is 1. The molecule has 4 N–H and O–H groups in total. The van der Waals surface area contributed by atoms with Crippen molar-refractivity contribution in [3.8, 4) is 0 Å². The number of rotatable bonds is 7. The van der Waals surface area contributed by atoms with Crippen molar-refractivity contribution in [2.45, 2.75) is 32.9 Å². The summed E-state index contributed by atoms with van der Waals surface area (Å²) >= 11 is 0. The SMILES string of the molecule is CC(C)(C)OC(=O)NCCN(CC(=O)O)C(=O)Cn1ccc(N)nc1=O. The molecule has 1 aromatic heterocycles. The summed E-state index contributed by atoms with van der Waals surface area (Å²) in [5, 5.41) is 11.4. The summed E-state index contributed by atoms with van der Waals surface area (Å²) in [7, 11) is 0. The van der Waals surface area contributed by atoms with E-state index in [9.17, 15) is 19.2 Å². The average Bonchev–Trinajstić information content (AvgIpc) is 2.46. The lowest BCUT2D eigenvalue weighted by Gasteiger charge is -2.23. The van der Waals surface area contributed by atoms with Crippen molar-refractivity contribution in [2.24, 2.45) is 0 Å². The Bertz CT molecular complexity index is 724. The Morgan fingerprint density at radius 2 is 2.04 bits per heavy atom. The van der Waals surface area contributed by atoms with Gasteiger partial charge in [-0.1, -0.05) is 0 Å². The lowest BCUT2D eigenvalue weighted by Crippen LogP contribution is -2.44. The number of alkyl carbamates (subject to hydrolysis) is 1. The van der Waals surface area contributed by atoms with Crippen molar-refractivity contribution >= 4 is 23.8 Å². The number of hydrogen-bond acceptors (Lipinski definition) is 7. The zero-order valence-electron chi connectivity index (χ0n) is 14.9. The monoisotopic (exact) mass is 369 g/mol. The largest absolute Gasteiger partial charge is 0.480 e. The topological polar surface area (TPSA) is 157 Å². The van der Waals surface area contributed by atoms with Crippen LogP contribution in [0.3, 0.4) is 0 Å². The van der Waals surface area contributed by atoms with E-state index in [1.54, 1.807) is 20.8 Å².